The summed E-state index contributed by atoms with van der Waals surface area (Å²) in [5, 5.41) is 13.2. The molecule has 0 fully saturated rings. The van der Waals surface area contributed by atoms with Gasteiger partial charge in [0, 0.05) is 12.1 Å². The topological polar surface area (TPSA) is 54.4 Å². The fourth-order valence-corrected chi connectivity index (χ4v) is 2.10. The van der Waals surface area contributed by atoms with Gasteiger partial charge in [0.05, 0.1) is 5.69 Å². The number of β-amino-alcohol motifs (C(OH)–C–C–N with tert-alkyl or cyclic N) is 1. The van der Waals surface area contributed by atoms with E-state index in [1.807, 2.05) is 44.2 Å². The molecule has 0 amide bonds. The van der Waals surface area contributed by atoms with Crippen LogP contribution in [0.2, 0.25) is 0 Å². The number of hydrogen-bond donors (Lipinski definition) is 2. The number of rotatable bonds is 7. The van der Waals surface area contributed by atoms with Crippen molar-refractivity contribution in [1.82, 2.24) is 10.3 Å². The summed E-state index contributed by atoms with van der Waals surface area (Å²) in [7, 11) is 0. The minimum absolute atomic E-state index is 0.0258. The molecule has 0 aliphatic rings. The highest BCUT2D eigenvalue weighted by Gasteiger charge is 2.33. The van der Waals surface area contributed by atoms with Gasteiger partial charge in [-0.15, -0.1) is 0 Å². The Morgan fingerprint density at radius 2 is 1.76 bits per heavy atom. The van der Waals surface area contributed by atoms with Crippen LogP contribution < -0.4 is 10.1 Å². The molecule has 0 spiro atoms. The Kier molecular flexibility index (Phi) is 6.02. The third-order valence-corrected chi connectivity index (χ3v) is 3.52. The Balaban J connectivity index is 1.91. The number of hydrogen-bond acceptors (Lipinski definition) is 4. The monoisotopic (exact) mass is 354 g/mol. The number of nitrogens with zero attached hydrogens (tertiary/aromatic N) is 1. The van der Waals surface area contributed by atoms with Crippen molar-refractivity contribution in [2.45, 2.75) is 31.7 Å². The van der Waals surface area contributed by atoms with Gasteiger partial charge < -0.3 is 15.2 Å². The molecule has 1 aromatic carbocycles. The summed E-state index contributed by atoms with van der Waals surface area (Å²) < 4.78 is 43.7. The number of halogens is 3. The van der Waals surface area contributed by atoms with Crippen molar-refractivity contribution in [3.8, 4) is 5.75 Å². The Morgan fingerprint density at radius 1 is 1.08 bits per heavy atom. The van der Waals surface area contributed by atoms with Crippen LogP contribution in [0.4, 0.5) is 13.2 Å². The first-order valence-electron chi connectivity index (χ1n) is 7.82. The summed E-state index contributed by atoms with van der Waals surface area (Å²) in [6.45, 7) is 4.14. The molecule has 0 bridgehead atoms. The number of aliphatic hydroxyl groups is 1. The maximum absolute atomic E-state index is 12.7. The molecule has 2 aromatic rings. The summed E-state index contributed by atoms with van der Waals surface area (Å²) >= 11 is 0. The van der Waals surface area contributed by atoms with Crippen LogP contribution in [-0.4, -0.2) is 28.8 Å². The van der Waals surface area contributed by atoms with Crippen LogP contribution in [0.1, 0.15) is 31.3 Å². The molecule has 0 aliphatic heterocycles. The Bertz CT molecular complexity index is 676. The van der Waals surface area contributed by atoms with E-state index in [9.17, 15) is 18.3 Å². The summed E-state index contributed by atoms with van der Waals surface area (Å²) in [5.41, 5.74) is -1.53. The lowest BCUT2D eigenvalue weighted by molar-refractivity contribution is -0.141. The predicted octanol–water partition coefficient (Wildman–Crippen LogP) is 3.58. The standard InChI is InChI=1S/C18H21F3N2O2/c1-17(2,12-25-13-7-4-3-5-8-13)22-11-15(24)14-9-6-10-16(23-14)18(19,20)21/h3-10,15,22,24H,11-12H2,1-2H3. The first kappa shape index (κ1) is 19.2. The molecule has 0 aliphatic carbocycles. The van der Waals surface area contributed by atoms with Gasteiger partial charge in [-0.3, -0.25) is 0 Å². The molecule has 136 valence electrons. The van der Waals surface area contributed by atoms with Gasteiger partial charge in [-0.1, -0.05) is 24.3 Å². The molecule has 0 saturated heterocycles. The molecule has 1 atom stereocenters. The SMILES string of the molecule is CC(C)(COc1ccccc1)NCC(O)c1cccc(C(F)(F)F)n1. The number of para-hydroxylation sites is 1. The van der Waals surface area contributed by atoms with Crippen molar-refractivity contribution in [2.75, 3.05) is 13.2 Å². The number of aliphatic hydroxyl groups excluding tert-OH is 1. The van der Waals surface area contributed by atoms with Crippen molar-refractivity contribution in [2.24, 2.45) is 0 Å². The molecule has 25 heavy (non-hydrogen) atoms. The van der Waals surface area contributed by atoms with Crippen molar-refractivity contribution in [1.29, 1.82) is 0 Å². The molecule has 2 rings (SSSR count). The van der Waals surface area contributed by atoms with Crippen LogP contribution in [0.15, 0.2) is 48.5 Å². The van der Waals surface area contributed by atoms with Crippen molar-refractivity contribution in [3.05, 3.63) is 59.9 Å². The largest absolute Gasteiger partial charge is 0.492 e. The first-order valence-corrected chi connectivity index (χ1v) is 7.82. The van der Waals surface area contributed by atoms with Crippen LogP contribution in [0.3, 0.4) is 0 Å². The average molecular weight is 354 g/mol. The summed E-state index contributed by atoms with van der Waals surface area (Å²) in [4.78, 5) is 3.49. The zero-order valence-electron chi connectivity index (χ0n) is 14.0. The molecule has 1 unspecified atom stereocenters. The van der Waals surface area contributed by atoms with Gasteiger partial charge in [0.1, 0.15) is 24.2 Å². The van der Waals surface area contributed by atoms with E-state index in [4.69, 9.17) is 4.74 Å². The van der Waals surface area contributed by atoms with Gasteiger partial charge in [-0.25, -0.2) is 4.98 Å². The summed E-state index contributed by atoms with van der Waals surface area (Å²) in [6.07, 6.45) is -5.69. The second-order valence-corrected chi connectivity index (χ2v) is 6.33. The van der Waals surface area contributed by atoms with Gasteiger partial charge >= 0.3 is 6.18 Å². The van der Waals surface area contributed by atoms with Gasteiger partial charge in [-0.2, -0.15) is 13.2 Å². The van der Waals surface area contributed by atoms with E-state index in [0.717, 1.165) is 11.8 Å². The quantitative estimate of drug-likeness (QED) is 0.798. The molecule has 2 N–H and O–H groups in total. The minimum atomic E-state index is -4.54. The second-order valence-electron chi connectivity index (χ2n) is 6.33. The van der Waals surface area contributed by atoms with E-state index < -0.39 is 23.5 Å². The maximum Gasteiger partial charge on any atom is 0.433 e. The summed E-state index contributed by atoms with van der Waals surface area (Å²) in [6, 6.07) is 12.7. The number of alkyl halides is 3. The fraction of sp³-hybridized carbons (Fsp3) is 0.389. The van der Waals surface area contributed by atoms with Gasteiger partial charge in [0.15, 0.2) is 0 Å². The van der Waals surface area contributed by atoms with Crippen LogP contribution in [0, 0.1) is 0 Å². The van der Waals surface area contributed by atoms with Crippen molar-refractivity contribution in [3.63, 3.8) is 0 Å². The molecule has 0 radical (unpaired) electrons. The number of nitrogens with one attached hydrogen (secondary N) is 1. The van der Waals surface area contributed by atoms with Crippen LogP contribution in [0.5, 0.6) is 5.75 Å². The lowest BCUT2D eigenvalue weighted by atomic mass is 10.1. The van der Waals surface area contributed by atoms with E-state index in [1.165, 1.54) is 12.1 Å². The van der Waals surface area contributed by atoms with Crippen LogP contribution in [-0.2, 0) is 6.18 Å². The normalized spacial score (nSPS) is 13.5. The molecule has 0 saturated carbocycles. The molecule has 1 heterocycles. The highest BCUT2D eigenvalue weighted by molar-refractivity contribution is 5.21. The van der Waals surface area contributed by atoms with E-state index in [-0.39, 0.29) is 12.2 Å². The van der Waals surface area contributed by atoms with Crippen molar-refractivity contribution >= 4 is 0 Å². The van der Waals surface area contributed by atoms with E-state index >= 15 is 0 Å². The number of benzene rings is 1. The fourth-order valence-electron chi connectivity index (χ4n) is 2.10. The molecular formula is C18H21F3N2O2. The van der Waals surface area contributed by atoms with Crippen molar-refractivity contribution < 1.29 is 23.0 Å². The number of aromatic nitrogens is 1. The third kappa shape index (κ3) is 6.03. The zero-order chi connectivity index (χ0) is 18.5. The minimum Gasteiger partial charge on any atom is -0.492 e. The highest BCUT2D eigenvalue weighted by Crippen LogP contribution is 2.28. The Hall–Kier alpha value is -2.12. The first-order chi connectivity index (χ1) is 11.7. The van der Waals surface area contributed by atoms with Gasteiger partial charge in [0.25, 0.3) is 0 Å². The smallest absolute Gasteiger partial charge is 0.433 e. The van der Waals surface area contributed by atoms with E-state index in [0.29, 0.717) is 6.61 Å². The molecule has 4 nitrogen and oxygen atoms in total. The van der Waals surface area contributed by atoms with E-state index in [1.54, 1.807) is 0 Å². The highest BCUT2D eigenvalue weighted by atomic mass is 19.4. The van der Waals surface area contributed by atoms with E-state index in [2.05, 4.69) is 10.3 Å². The maximum atomic E-state index is 12.7. The molecular weight excluding hydrogens is 333 g/mol. The lowest BCUT2D eigenvalue weighted by Crippen LogP contribution is -2.46. The van der Waals surface area contributed by atoms with Gasteiger partial charge in [0.2, 0.25) is 0 Å². The lowest BCUT2D eigenvalue weighted by Gasteiger charge is -2.27. The molecule has 1 aromatic heterocycles. The number of pyridine rings is 1. The third-order valence-electron chi connectivity index (χ3n) is 3.52. The predicted molar refractivity (Wildman–Crippen MR) is 88.2 cm³/mol. The Morgan fingerprint density at radius 3 is 2.40 bits per heavy atom. The Labute approximate surface area is 144 Å². The summed E-state index contributed by atoms with van der Waals surface area (Å²) in [5.74, 6) is 0.720. The zero-order valence-corrected chi connectivity index (χ0v) is 14.0. The van der Waals surface area contributed by atoms with Crippen LogP contribution in [0.25, 0.3) is 0 Å². The van der Waals surface area contributed by atoms with Gasteiger partial charge in [-0.05, 0) is 38.1 Å². The number of ether oxygens (including phenoxy) is 1. The molecule has 7 heteroatoms. The average Bonchev–Trinajstić information content (AvgIpc) is 2.58. The second kappa shape index (κ2) is 7.84. The van der Waals surface area contributed by atoms with Crippen LogP contribution >= 0.6 is 0 Å².